The topological polar surface area (TPSA) is 59.4 Å². The first kappa shape index (κ1) is 20.6. The van der Waals surface area contributed by atoms with Crippen LogP contribution in [0, 0.1) is 5.92 Å². The summed E-state index contributed by atoms with van der Waals surface area (Å²) >= 11 is 1.47. The number of hydrogen-bond acceptors (Lipinski definition) is 4. The maximum Gasteiger partial charge on any atom is 0.419 e. The number of amides is 1. The second-order valence-electron chi connectivity index (χ2n) is 7.39. The first-order chi connectivity index (χ1) is 14.3. The van der Waals surface area contributed by atoms with E-state index in [1.807, 2.05) is 17.0 Å². The van der Waals surface area contributed by atoms with E-state index < -0.39 is 11.7 Å². The van der Waals surface area contributed by atoms with Crippen molar-refractivity contribution in [3.05, 3.63) is 47.7 Å². The third kappa shape index (κ3) is 4.40. The summed E-state index contributed by atoms with van der Waals surface area (Å²) in [6, 6.07) is 8.62. The molecule has 1 aliphatic rings. The van der Waals surface area contributed by atoms with Gasteiger partial charge in [0.05, 0.1) is 28.9 Å². The van der Waals surface area contributed by atoms with Gasteiger partial charge in [0.1, 0.15) is 6.20 Å². The molecule has 2 N–H and O–H groups in total. The SMILES string of the molecule is CCc1ccc2nc(NC(=O)C3CCN(c4ccc(C(F)(F)F)c[nH+]4)CC3)sc2c1. The highest BCUT2D eigenvalue weighted by Crippen LogP contribution is 2.30. The molecule has 1 aromatic carbocycles. The van der Waals surface area contributed by atoms with Gasteiger partial charge >= 0.3 is 6.18 Å². The van der Waals surface area contributed by atoms with Crippen LogP contribution >= 0.6 is 11.3 Å². The van der Waals surface area contributed by atoms with E-state index >= 15 is 0 Å². The van der Waals surface area contributed by atoms with E-state index in [-0.39, 0.29) is 11.8 Å². The number of rotatable bonds is 4. The molecule has 1 fully saturated rings. The minimum absolute atomic E-state index is 0.0548. The lowest BCUT2D eigenvalue weighted by Crippen LogP contribution is -2.40. The number of benzene rings is 1. The van der Waals surface area contributed by atoms with Crippen LogP contribution in [0.4, 0.5) is 24.1 Å². The lowest BCUT2D eigenvalue weighted by Gasteiger charge is -2.26. The van der Waals surface area contributed by atoms with Crippen molar-refractivity contribution in [2.45, 2.75) is 32.4 Å². The Morgan fingerprint density at radius 1 is 1.27 bits per heavy atom. The third-order valence-corrected chi connectivity index (χ3v) is 6.35. The fourth-order valence-corrected chi connectivity index (χ4v) is 4.55. The Balaban J connectivity index is 1.35. The number of fused-ring (bicyclic) bond motifs is 1. The molecule has 1 saturated heterocycles. The number of nitrogens with zero attached hydrogens (tertiary/aromatic N) is 2. The zero-order valence-corrected chi connectivity index (χ0v) is 17.2. The van der Waals surface area contributed by atoms with Crippen LogP contribution in [0.3, 0.4) is 0 Å². The van der Waals surface area contributed by atoms with Crippen LogP contribution in [0.5, 0.6) is 0 Å². The van der Waals surface area contributed by atoms with Crippen LogP contribution in [-0.4, -0.2) is 24.0 Å². The number of carbonyl (C=O) groups excluding carboxylic acids is 1. The van der Waals surface area contributed by atoms with Crippen LogP contribution < -0.4 is 15.2 Å². The number of aryl methyl sites for hydroxylation is 1. The fraction of sp³-hybridized carbons (Fsp3) is 0.381. The second kappa shape index (κ2) is 8.22. The molecule has 9 heteroatoms. The van der Waals surface area contributed by atoms with Gasteiger partial charge in [-0.3, -0.25) is 9.69 Å². The Morgan fingerprint density at radius 2 is 2.03 bits per heavy atom. The molecule has 0 unspecified atom stereocenters. The number of pyridine rings is 1. The summed E-state index contributed by atoms with van der Waals surface area (Å²) < 4.78 is 39.2. The van der Waals surface area contributed by atoms with Crippen LogP contribution in [-0.2, 0) is 17.4 Å². The lowest BCUT2D eigenvalue weighted by molar-refractivity contribution is -0.367. The minimum atomic E-state index is -4.36. The quantitative estimate of drug-likeness (QED) is 0.654. The van der Waals surface area contributed by atoms with Crippen molar-refractivity contribution in [1.29, 1.82) is 0 Å². The second-order valence-corrected chi connectivity index (χ2v) is 8.42. The predicted octanol–water partition coefficient (Wildman–Crippen LogP) is 4.55. The van der Waals surface area contributed by atoms with Gasteiger partial charge in [0.2, 0.25) is 5.91 Å². The van der Waals surface area contributed by atoms with Crippen LogP contribution in [0.2, 0.25) is 0 Å². The molecule has 0 atom stereocenters. The molecule has 1 amide bonds. The van der Waals surface area contributed by atoms with Crippen molar-refractivity contribution >= 4 is 38.4 Å². The Kier molecular flexibility index (Phi) is 5.64. The highest BCUT2D eigenvalue weighted by Gasteiger charge is 2.33. The van der Waals surface area contributed by atoms with Crippen LogP contribution in [0.15, 0.2) is 36.5 Å². The normalized spacial score (nSPS) is 15.5. The third-order valence-electron chi connectivity index (χ3n) is 5.42. The highest BCUT2D eigenvalue weighted by atomic mass is 32.1. The fourth-order valence-electron chi connectivity index (χ4n) is 3.62. The maximum atomic E-state index is 12.7. The van der Waals surface area contributed by atoms with E-state index in [1.54, 1.807) is 0 Å². The average Bonchev–Trinajstić information content (AvgIpc) is 3.14. The molecule has 158 valence electrons. The van der Waals surface area contributed by atoms with E-state index in [9.17, 15) is 18.0 Å². The van der Waals surface area contributed by atoms with E-state index in [2.05, 4.69) is 28.3 Å². The van der Waals surface area contributed by atoms with Gasteiger partial charge in [-0.2, -0.15) is 13.2 Å². The number of nitrogens with one attached hydrogen (secondary N) is 2. The monoisotopic (exact) mass is 435 g/mol. The molecule has 0 bridgehead atoms. The zero-order chi connectivity index (χ0) is 21.3. The van der Waals surface area contributed by atoms with Crippen LogP contribution in [0.1, 0.15) is 30.9 Å². The summed E-state index contributed by atoms with van der Waals surface area (Å²) in [7, 11) is 0. The molecule has 3 aromatic rings. The molecule has 0 spiro atoms. The summed E-state index contributed by atoms with van der Waals surface area (Å²) in [6.45, 7) is 3.29. The van der Waals surface area contributed by atoms with Crippen molar-refractivity contribution in [3.8, 4) is 0 Å². The van der Waals surface area contributed by atoms with E-state index in [4.69, 9.17) is 0 Å². The first-order valence-electron chi connectivity index (χ1n) is 9.87. The number of carbonyl (C=O) groups is 1. The minimum Gasteiger partial charge on any atom is -0.302 e. The Morgan fingerprint density at radius 3 is 2.67 bits per heavy atom. The standard InChI is InChI=1S/C21H21F3N4OS/c1-2-13-3-5-16-17(11-13)30-20(26-16)27-19(29)14-7-9-28(10-8-14)18-6-4-15(12-25-18)21(22,23)24/h3-6,11-12,14H,2,7-10H2,1H3,(H,26,27,29)/p+1. The van der Waals surface area contributed by atoms with Gasteiger partial charge in [-0.1, -0.05) is 24.3 Å². The average molecular weight is 435 g/mol. The lowest BCUT2D eigenvalue weighted by atomic mass is 9.96. The number of H-pyrrole nitrogens is 1. The molecule has 3 heterocycles. The number of piperidine rings is 1. The van der Waals surface area contributed by atoms with Gasteiger partial charge in [-0.25, -0.2) is 9.97 Å². The highest BCUT2D eigenvalue weighted by molar-refractivity contribution is 7.22. The van der Waals surface area contributed by atoms with Crippen molar-refractivity contribution < 1.29 is 22.9 Å². The Hall–Kier alpha value is -2.68. The molecule has 2 aromatic heterocycles. The zero-order valence-electron chi connectivity index (χ0n) is 16.4. The van der Waals surface area contributed by atoms with Gasteiger partial charge in [-0.15, -0.1) is 0 Å². The molecule has 4 rings (SSSR count). The number of hydrogen-bond donors (Lipinski definition) is 1. The van der Waals surface area contributed by atoms with Crippen molar-refractivity contribution in [3.63, 3.8) is 0 Å². The summed E-state index contributed by atoms with van der Waals surface area (Å²) in [6.07, 6.45) is -1.17. The van der Waals surface area contributed by atoms with E-state index in [0.717, 1.165) is 28.9 Å². The van der Waals surface area contributed by atoms with E-state index in [0.29, 0.717) is 36.9 Å². The predicted molar refractivity (Wildman–Crippen MR) is 111 cm³/mol. The number of alkyl halides is 3. The summed E-state index contributed by atoms with van der Waals surface area (Å²) in [5.74, 6) is 0.425. The molecule has 1 aliphatic heterocycles. The number of halogens is 3. The largest absolute Gasteiger partial charge is 0.419 e. The molecule has 0 radical (unpaired) electrons. The number of thiazole rings is 1. The molecule has 30 heavy (non-hydrogen) atoms. The molecule has 5 nitrogen and oxygen atoms in total. The molecular weight excluding hydrogens is 413 g/mol. The molecule has 0 saturated carbocycles. The summed E-state index contributed by atoms with van der Waals surface area (Å²) in [5.41, 5.74) is 1.40. The van der Waals surface area contributed by atoms with Crippen molar-refractivity contribution in [1.82, 2.24) is 4.98 Å². The van der Waals surface area contributed by atoms with Gasteiger partial charge in [-0.05, 0) is 43.0 Å². The summed E-state index contributed by atoms with van der Waals surface area (Å²) in [5, 5.41) is 3.53. The number of aromatic nitrogens is 2. The Labute approximate surface area is 175 Å². The number of anilines is 2. The van der Waals surface area contributed by atoms with Gasteiger partial charge < -0.3 is 5.32 Å². The Bertz CT molecular complexity index is 1040. The van der Waals surface area contributed by atoms with Crippen molar-refractivity contribution in [2.75, 3.05) is 23.3 Å². The van der Waals surface area contributed by atoms with Crippen LogP contribution in [0.25, 0.3) is 10.2 Å². The smallest absolute Gasteiger partial charge is 0.302 e. The van der Waals surface area contributed by atoms with Gasteiger partial charge in [0.25, 0.3) is 5.82 Å². The van der Waals surface area contributed by atoms with Gasteiger partial charge in [0, 0.05) is 12.0 Å². The maximum absolute atomic E-state index is 12.7. The van der Waals surface area contributed by atoms with Gasteiger partial charge in [0.15, 0.2) is 5.13 Å². The summed E-state index contributed by atoms with van der Waals surface area (Å²) in [4.78, 5) is 21.8. The van der Waals surface area contributed by atoms with E-state index in [1.165, 1.54) is 23.0 Å². The van der Waals surface area contributed by atoms with Crippen molar-refractivity contribution in [2.24, 2.45) is 5.92 Å². The molecule has 0 aliphatic carbocycles. The number of aromatic amines is 1. The molecular formula is C21H22F3N4OS+. The first-order valence-corrected chi connectivity index (χ1v) is 10.7.